The fourth-order valence-electron chi connectivity index (χ4n) is 3.27. The fourth-order valence-corrected chi connectivity index (χ4v) is 3.27. The molecule has 0 aromatic heterocycles. The van der Waals surface area contributed by atoms with Crippen LogP contribution in [-0.4, -0.2) is 29.9 Å². The largest absolute Gasteiger partial charge is 0.481 e. The van der Waals surface area contributed by atoms with E-state index in [1.54, 1.807) is 0 Å². The van der Waals surface area contributed by atoms with E-state index in [4.69, 9.17) is 5.11 Å². The summed E-state index contributed by atoms with van der Waals surface area (Å²) in [5.41, 5.74) is 0. The number of carboxylic acid groups (broad SMARTS) is 1. The number of hydrogen-bond donors (Lipinski definition) is 2. The second-order valence-corrected chi connectivity index (χ2v) is 8.62. The molecule has 160 valence electrons. The molecular weight excluding hydrogens is 338 g/mol. The van der Waals surface area contributed by atoms with Crippen molar-refractivity contribution in [1.82, 2.24) is 5.32 Å². The molecule has 0 aromatic rings. The molecule has 27 heavy (non-hydrogen) atoms. The lowest BCUT2D eigenvalue weighted by Gasteiger charge is -2.30. The SMILES string of the molecule is CC(C)CCCCCCCCCCCCCCC(=O)O.CC1CN[C@@H]1C=O. The van der Waals surface area contributed by atoms with Crippen molar-refractivity contribution in [2.75, 3.05) is 6.54 Å². The molecule has 1 heterocycles. The van der Waals surface area contributed by atoms with Gasteiger partial charge in [0.25, 0.3) is 0 Å². The van der Waals surface area contributed by atoms with Crippen LogP contribution in [0.3, 0.4) is 0 Å². The zero-order chi connectivity index (χ0) is 20.3. The van der Waals surface area contributed by atoms with Gasteiger partial charge in [0.15, 0.2) is 0 Å². The molecule has 2 atom stereocenters. The maximum absolute atomic E-state index is 10.3. The standard InChI is InChI=1S/C18H36O2.C5H9NO/c1-17(2)15-13-11-9-7-5-3-4-6-8-10-12-14-16-18(19)20;1-4-2-6-5(4)3-7/h17H,3-16H2,1-2H3,(H,19,20);3-6H,2H2,1H3/t;4?,5-/m.1/s1. The van der Waals surface area contributed by atoms with Crippen molar-refractivity contribution in [1.29, 1.82) is 0 Å². The van der Waals surface area contributed by atoms with Gasteiger partial charge in [-0.25, -0.2) is 0 Å². The fraction of sp³-hybridized carbons (Fsp3) is 0.913. The number of carbonyl (C=O) groups is 2. The van der Waals surface area contributed by atoms with Gasteiger partial charge in [-0.15, -0.1) is 0 Å². The topological polar surface area (TPSA) is 66.4 Å². The molecule has 1 fully saturated rings. The van der Waals surface area contributed by atoms with Gasteiger partial charge in [-0.05, 0) is 18.3 Å². The van der Waals surface area contributed by atoms with Crippen LogP contribution in [-0.2, 0) is 9.59 Å². The minimum absolute atomic E-state index is 0.153. The molecule has 1 unspecified atom stereocenters. The van der Waals surface area contributed by atoms with Crippen molar-refractivity contribution in [2.24, 2.45) is 11.8 Å². The molecule has 1 aliphatic rings. The monoisotopic (exact) mass is 383 g/mol. The second kappa shape index (κ2) is 18.5. The minimum atomic E-state index is -0.654. The van der Waals surface area contributed by atoms with E-state index in [-0.39, 0.29) is 6.04 Å². The summed E-state index contributed by atoms with van der Waals surface area (Å²) in [6.45, 7) is 7.68. The predicted molar refractivity (Wildman–Crippen MR) is 114 cm³/mol. The average molecular weight is 384 g/mol. The van der Waals surface area contributed by atoms with E-state index >= 15 is 0 Å². The summed E-state index contributed by atoms with van der Waals surface area (Å²) in [5.74, 6) is 0.779. The highest BCUT2D eigenvalue weighted by Gasteiger charge is 2.24. The first-order valence-corrected chi connectivity index (χ1v) is 11.4. The van der Waals surface area contributed by atoms with E-state index in [2.05, 4.69) is 26.1 Å². The molecule has 4 heteroatoms. The normalized spacial score (nSPS) is 18.5. The van der Waals surface area contributed by atoms with Gasteiger partial charge in [-0.3, -0.25) is 4.79 Å². The number of aldehydes is 1. The molecule has 1 aliphatic heterocycles. The van der Waals surface area contributed by atoms with Crippen LogP contribution in [0.5, 0.6) is 0 Å². The molecule has 0 radical (unpaired) electrons. The molecule has 0 amide bonds. The van der Waals surface area contributed by atoms with E-state index < -0.39 is 5.97 Å². The Morgan fingerprint density at radius 3 is 1.63 bits per heavy atom. The quantitative estimate of drug-likeness (QED) is 0.254. The zero-order valence-corrected chi connectivity index (χ0v) is 18.2. The molecule has 2 N–H and O–H groups in total. The van der Waals surface area contributed by atoms with Gasteiger partial charge < -0.3 is 15.2 Å². The van der Waals surface area contributed by atoms with Gasteiger partial charge in [-0.2, -0.15) is 0 Å². The molecule has 1 saturated heterocycles. The Hall–Kier alpha value is -0.900. The highest BCUT2D eigenvalue weighted by atomic mass is 16.4. The average Bonchev–Trinajstić information content (AvgIpc) is 2.61. The summed E-state index contributed by atoms with van der Waals surface area (Å²) >= 11 is 0. The van der Waals surface area contributed by atoms with E-state index in [0.29, 0.717) is 12.3 Å². The number of rotatable bonds is 16. The lowest BCUT2D eigenvalue weighted by atomic mass is 9.96. The van der Waals surface area contributed by atoms with Crippen LogP contribution in [0.25, 0.3) is 0 Å². The van der Waals surface area contributed by atoms with Crippen LogP contribution >= 0.6 is 0 Å². The van der Waals surface area contributed by atoms with E-state index in [0.717, 1.165) is 31.6 Å². The molecule has 0 aromatic carbocycles. The minimum Gasteiger partial charge on any atom is -0.481 e. The Bertz CT molecular complexity index is 358. The highest BCUT2D eigenvalue weighted by Crippen LogP contribution is 2.14. The summed E-state index contributed by atoms with van der Waals surface area (Å²) in [6, 6.07) is 0.153. The van der Waals surface area contributed by atoms with E-state index in [1.165, 1.54) is 70.6 Å². The summed E-state index contributed by atoms with van der Waals surface area (Å²) in [4.78, 5) is 20.3. The van der Waals surface area contributed by atoms with Gasteiger partial charge in [0.2, 0.25) is 0 Å². The molecule has 4 nitrogen and oxygen atoms in total. The summed E-state index contributed by atoms with van der Waals surface area (Å²) in [7, 11) is 0. The lowest BCUT2D eigenvalue weighted by molar-refractivity contribution is -0.137. The third kappa shape index (κ3) is 18.2. The number of aliphatic carboxylic acids is 1. The van der Waals surface area contributed by atoms with Crippen LogP contribution in [0.1, 0.15) is 111 Å². The molecule has 1 rings (SSSR count). The second-order valence-electron chi connectivity index (χ2n) is 8.62. The molecule has 0 spiro atoms. The number of carboxylic acids is 1. The zero-order valence-electron chi connectivity index (χ0n) is 18.2. The van der Waals surface area contributed by atoms with Crippen molar-refractivity contribution >= 4 is 12.3 Å². The first kappa shape index (κ1) is 26.1. The predicted octanol–water partition coefficient (Wildman–Crippen LogP) is 5.98. The number of carbonyl (C=O) groups excluding carboxylic acids is 1. The van der Waals surface area contributed by atoms with Crippen molar-refractivity contribution in [3.8, 4) is 0 Å². The maximum atomic E-state index is 10.3. The smallest absolute Gasteiger partial charge is 0.303 e. The van der Waals surface area contributed by atoms with E-state index in [9.17, 15) is 9.59 Å². The summed E-state index contributed by atoms with van der Waals surface area (Å²) < 4.78 is 0. The lowest BCUT2D eigenvalue weighted by Crippen LogP contribution is -2.52. The van der Waals surface area contributed by atoms with Crippen molar-refractivity contribution in [3.05, 3.63) is 0 Å². The van der Waals surface area contributed by atoms with Crippen LogP contribution < -0.4 is 5.32 Å². The van der Waals surface area contributed by atoms with Gasteiger partial charge in [0.05, 0.1) is 6.04 Å². The Balaban J connectivity index is 0.000000797. The molecule has 0 bridgehead atoms. The van der Waals surface area contributed by atoms with Gasteiger partial charge in [0.1, 0.15) is 6.29 Å². The van der Waals surface area contributed by atoms with Crippen molar-refractivity contribution < 1.29 is 14.7 Å². The number of nitrogens with one attached hydrogen (secondary N) is 1. The first-order valence-electron chi connectivity index (χ1n) is 11.4. The Kier molecular flexibility index (Phi) is 17.8. The van der Waals surface area contributed by atoms with Gasteiger partial charge in [0, 0.05) is 13.0 Å². The van der Waals surface area contributed by atoms with Crippen molar-refractivity contribution in [2.45, 2.75) is 117 Å². The maximum Gasteiger partial charge on any atom is 0.303 e. The Morgan fingerprint density at radius 2 is 1.37 bits per heavy atom. The molecular formula is C23H45NO3. The Morgan fingerprint density at radius 1 is 0.926 bits per heavy atom. The third-order valence-electron chi connectivity index (χ3n) is 5.36. The summed E-state index contributed by atoms with van der Waals surface area (Å²) in [6.07, 6.45) is 18.3. The van der Waals surface area contributed by atoms with Crippen LogP contribution in [0.15, 0.2) is 0 Å². The van der Waals surface area contributed by atoms with Gasteiger partial charge >= 0.3 is 5.97 Å². The van der Waals surface area contributed by atoms with E-state index in [1.807, 2.05) is 0 Å². The van der Waals surface area contributed by atoms with Crippen molar-refractivity contribution in [3.63, 3.8) is 0 Å². The highest BCUT2D eigenvalue weighted by molar-refractivity contribution is 5.66. The van der Waals surface area contributed by atoms with Crippen LogP contribution in [0.2, 0.25) is 0 Å². The molecule has 0 saturated carbocycles. The van der Waals surface area contributed by atoms with Crippen LogP contribution in [0, 0.1) is 11.8 Å². The van der Waals surface area contributed by atoms with Gasteiger partial charge in [-0.1, -0.05) is 97.8 Å². The number of hydrogen-bond acceptors (Lipinski definition) is 3. The summed E-state index contributed by atoms with van der Waals surface area (Å²) in [5, 5.41) is 11.5. The number of unbranched alkanes of at least 4 members (excludes halogenated alkanes) is 11. The molecule has 0 aliphatic carbocycles. The Labute approximate surface area is 167 Å². The van der Waals surface area contributed by atoms with Crippen LogP contribution in [0.4, 0.5) is 0 Å². The third-order valence-corrected chi connectivity index (χ3v) is 5.36. The first-order chi connectivity index (χ1) is 13.0.